The van der Waals surface area contributed by atoms with Crippen molar-refractivity contribution in [1.29, 1.82) is 0 Å². The van der Waals surface area contributed by atoms with Crippen molar-refractivity contribution in [3.63, 3.8) is 0 Å². The van der Waals surface area contributed by atoms with Crippen molar-refractivity contribution in [2.75, 3.05) is 27.3 Å². The molecule has 0 N–H and O–H groups in total. The number of hydrogen-bond donors (Lipinski definition) is 0. The Balaban J connectivity index is 1.68. The molecule has 0 unspecified atom stereocenters. The average molecular weight is 392 g/mol. The Morgan fingerprint density at radius 3 is 1.90 bits per heavy atom. The summed E-state index contributed by atoms with van der Waals surface area (Å²) in [6, 6.07) is 14.7. The molecule has 2 aromatic carbocycles. The predicted octanol–water partition coefficient (Wildman–Crippen LogP) is 3.08. The van der Waals surface area contributed by atoms with Gasteiger partial charge in [-0.2, -0.15) is 0 Å². The standard InChI is InChI=1S/C23H24N2O4/c1-28-18-9-5-16(6-10-18)15-25-22(26)20(17-7-11-19(29-2)12-8-17)21(23(25)27)24-13-3-4-14-24/h5-12H,3-4,13-15H2,1-2H3. The molecule has 0 atom stereocenters. The van der Waals surface area contributed by atoms with Crippen molar-refractivity contribution >= 4 is 17.4 Å². The van der Waals surface area contributed by atoms with Crippen LogP contribution in [0.3, 0.4) is 0 Å². The van der Waals surface area contributed by atoms with Gasteiger partial charge in [0.25, 0.3) is 11.8 Å². The van der Waals surface area contributed by atoms with E-state index in [0.29, 0.717) is 17.0 Å². The number of ether oxygens (including phenoxy) is 2. The second kappa shape index (κ2) is 7.99. The average Bonchev–Trinajstić information content (AvgIpc) is 3.37. The summed E-state index contributed by atoms with van der Waals surface area (Å²) in [4.78, 5) is 30.0. The number of nitrogens with zero attached hydrogens (tertiary/aromatic N) is 2. The molecular formula is C23H24N2O4. The minimum atomic E-state index is -0.252. The molecule has 0 saturated carbocycles. The summed E-state index contributed by atoms with van der Waals surface area (Å²) in [5, 5.41) is 0. The molecule has 4 rings (SSSR count). The Hall–Kier alpha value is -3.28. The summed E-state index contributed by atoms with van der Waals surface area (Å²) < 4.78 is 10.4. The van der Waals surface area contributed by atoms with Crippen molar-refractivity contribution < 1.29 is 19.1 Å². The molecule has 150 valence electrons. The van der Waals surface area contributed by atoms with Crippen LogP contribution in [0, 0.1) is 0 Å². The van der Waals surface area contributed by atoms with Crippen molar-refractivity contribution in [1.82, 2.24) is 9.80 Å². The number of likely N-dealkylation sites (tertiary alicyclic amines) is 1. The van der Waals surface area contributed by atoms with Crippen LogP contribution in [-0.2, 0) is 16.1 Å². The number of benzene rings is 2. The number of rotatable bonds is 6. The molecule has 2 amide bonds. The molecule has 2 aromatic rings. The molecule has 0 aliphatic carbocycles. The van der Waals surface area contributed by atoms with Crippen molar-refractivity contribution in [2.45, 2.75) is 19.4 Å². The number of carbonyl (C=O) groups excluding carboxylic acids is 2. The summed E-state index contributed by atoms with van der Waals surface area (Å²) in [5.41, 5.74) is 2.62. The fraction of sp³-hybridized carbons (Fsp3) is 0.304. The van der Waals surface area contributed by atoms with Crippen LogP contribution >= 0.6 is 0 Å². The Kier molecular flexibility index (Phi) is 5.25. The van der Waals surface area contributed by atoms with Gasteiger partial charge in [-0.25, -0.2) is 0 Å². The lowest BCUT2D eigenvalue weighted by Crippen LogP contribution is -2.34. The van der Waals surface area contributed by atoms with Crippen LogP contribution in [0.5, 0.6) is 11.5 Å². The number of imide groups is 1. The minimum Gasteiger partial charge on any atom is -0.497 e. The molecule has 6 heteroatoms. The molecule has 29 heavy (non-hydrogen) atoms. The van der Waals surface area contributed by atoms with Crippen LogP contribution in [0.4, 0.5) is 0 Å². The van der Waals surface area contributed by atoms with Gasteiger partial charge in [-0.1, -0.05) is 24.3 Å². The van der Waals surface area contributed by atoms with Crippen LogP contribution in [0.2, 0.25) is 0 Å². The molecule has 0 spiro atoms. The predicted molar refractivity (Wildman–Crippen MR) is 109 cm³/mol. The first-order valence-electron chi connectivity index (χ1n) is 9.75. The number of hydrogen-bond acceptors (Lipinski definition) is 5. The normalized spacial score (nSPS) is 16.8. The second-order valence-electron chi connectivity index (χ2n) is 7.19. The van der Waals surface area contributed by atoms with Gasteiger partial charge in [-0.3, -0.25) is 14.5 Å². The molecule has 1 fully saturated rings. The van der Waals surface area contributed by atoms with Gasteiger partial charge >= 0.3 is 0 Å². The van der Waals surface area contributed by atoms with Gasteiger partial charge in [0.15, 0.2) is 0 Å². The first-order valence-corrected chi connectivity index (χ1v) is 9.75. The Morgan fingerprint density at radius 1 is 0.793 bits per heavy atom. The molecule has 2 aliphatic heterocycles. The van der Waals surface area contributed by atoms with E-state index in [-0.39, 0.29) is 18.4 Å². The first-order chi connectivity index (χ1) is 14.1. The molecule has 2 aliphatic rings. The maximum Gasteiger partial charge on any atom is 0.278 e. The maximum absolute atomic E-state index is 13.3. The highest BCUT2D eigenvalue weighted by Crippen LogP contribution is 2.34. The maximum atomic E-state index is 13.3. The summed E-state index contributed by atoms with van der Waals surface area (Å²) in [6.45, 7) is 1.83. The van der Waals surface area contributed by atoms with Gasteiger partial charge < -0.3 is 14.4 Å². The number of amides is 2. The summed E-state index contributed by atoms with van der Waals surface area (Å²) in [5.74, 6) is 0.975. The molecular weight excluding hydrogens is 368 g/mol. The number of carbonyl (C=O) groups is 2. The minimum absolute atomic E-state index is 0.224. The van der Waals surface area contributed by atoms with E-state index in [1.54, 1.807) is 14.2 Å². The smallest absolute Gasteiger partial charge is 0.278 e. The molecule has 2 heterocycles. The highest BCUT2D eigenvalue weighted by Gasteiger charge is 2.42. The van der Waals surface area contributed by atoms with Crippen LogP contribution in [0.1, 0.15) is 24.0 Å². The van der Waals surface area contributed by atoms with Crippen LogP contribution in [0.25, 0.3) is 5.57 Å². The molecule has 0 bridgehead atoms. The summed E-state index contributed by atoms with van der Waals surface area (Å²) in [6.07, 6.45) is 2.05. The van der Waals surface area contributed by atoms with Crippen molar-refractivity contribution in [2.24, 2.45) is 0 Å². The fourth-order valence-corrected chi connectivity index (χ4v) is 3.87. The van der Waals surface area contributed by atoms with Crippen molar-refractivity contribution in [3.05, 3.63) is 65.4 Å². The van der Waals surface area contributed by atoms with Gasteiger partial charge in [0.05, 0.1) is 26.3 Å². The lowest BCUT2D eigenvalue weighted by Gasteiger charge is -2.20. The van der Waals surface area contributed by atoms with Crippen molar-refractivity contribution in [3.8, 4) is 11.5 Å². The van der Waals surface area contributed by atoms with E-state index < -0.39 is 0 Å². The topological polar surface area (TPSA) is 59.1 Å². The third kappa shape index (κ3) is 3.58. The van der Waals surface area contributed by atoms with Gasteiger partial charge in [0.2, 0.25) is 0 Å². The lowest BCUT2D eigenvalue weighted by molar-refractivity contribution is -0.138. The highest BCUT2D eigenvalue weighted by molar-refractivity contribution is 6.35. The summed E-state index contributed by atoms with van der Waals surface area (Å²) >= 11 is 0. The quantitative estimate of drug-likeness (QED) is 0.707. The van der Waals surface area contributed by atoms with Gasteiger partial charge in [0.1, 0.15) is 17.2 Å². The van der Waals surface area contributed by atoms with E-state index in [1.165, 1.54) is 4.90 Å². The van der Waals surface area contributed by atoms with Gasteiger partial charge in [0, 0.05) is 13.1 Å². The molecule has 1 saturated heterocycles. The third-order valence-electron chi connectivity index (χ3n) is 5.44. The van der Waals surface area contributed by atoms with E-state index >= 15 is 0 Å². The van der Waals surface area contributed by atoms with Gasteiger partial charge in [-0.15, -0.1) is 0 Å². The molecule has 6 nitrogen and oxygen atoms in total. The first kappa shape index (κ1) is 19.1. The Morgan fingerprint density at radius 2 is 1.34 bits per heavy atom. The van der Waals surface area contributed by atoms with E-state index in [1.807, 2.05) is 53.4 Å². The highest BCUT2D eigenvalue weighted by atomic mass is 16.5. The lowest BCUT2D eigenvalue weighted by atomic mass is 10.0. The fourth-order valence-electron chi connectivity index (χ4n) is 3.87. The van der Waals surface area contributed by atoms with E-state index in [4.69, 9.17) is 9.47 Å². The van der Waals surface area contributed by atoms with Crippen LogP contribution in [-0.4, -0.2) is 48.9 Å². The monoisotopic (exact) mass is 392 g/mol. The SMILES string of the molecule is COc1ccc(CN2C(=O)C(c3ccc(OC)cc3)=C(N3CCCC3)C2=O)cc1. The van der Waals surface area contributed by atoms with E-state index in [0.717, 1.165) is 42.8 Å². The largest absolute Gasteiger partial charge is 0.497 e. The zero-order valence-corrected chi connectivity index (χ0v) is 16.7. The molecule has 0 radical (unpaired) electrons. The van der Waals surface area contributed by atoms with E-state index in [9.17, 15) is 9.59 Å². The van der Waals surface area contributed by atoms with E-state index in [2.05, 4.69) is 0 Å². The Bertz CT molecular complexity index is 942. The summed E-state index contributed by atoms with van der Waals surface area (Å²) in [7, 11) is 3.21. The van der Waals surface area contributed by atoms with Gasteiger partial charge in [-0.05, 0) is 48.2 Å². The number of methoxy groups -OCH3 is 2. The molecule has 0 aromatic heterocycles. The zero-order chi connectivity index (χ0) is 20.4. The second-order valence-corrected chi connectivity index (χ2v) is 7.19. The third-order valence-corrected chi connectivity index (χ3v) is 5.44. The van der Waals surface area contributed by atoms with Crippen LogP contribution < -0.4 is 9.47 Å². The van der Waals surface area contributed by atoms with Crippen LogP contribution in [0.15, 0.2) is 54.2 Å². The Labute approximate surface area is 170 Å². The zero-order valence-electron chi connectivity index (χ0n) is 16.7.